The molecule has 110 valence electrons. The van der Waals surface area contributed by atoms with E-state index in [1.165, 1.54) is 28.6 Å². The Kier molecular flexibility index (Phi) is 4.42. The van der Waals surface area contributed by atoms with Crippen molar-refractivity contribution in [1.82, 2.24) is 9.62 Å². The number of hydrogen-bond donors (Lipinski definition) is 2. The third-order valence-corrected chi connectivity index (χ3v) is 5.44. The Morgan fingerprint density at radius 1 is 1.50 bits per heavy atom. The summed E-state index contributed by atoms with van der Waals surface area (Å²) in [6.45, 7) is 1.13. The van der Waals surface area contributed by atoms with Crippen molar-refractivity contribution in [2.24, 2.45) is 5.73 Å². The molecule has 1 fully saturated rings. The lowest BCUT2D eigenvalue weighted by Gasteiger charge is -2.24. The molecule has 1 saturated heterocycles. The van der Waals surface area contributed by atoms with Crippen molar-refractivity contribution in [3.8, 4) is 0 Å². The Bertz CT molecular complexity index is 601. The maximum absolute atomic E-state index is 12.6. The fourth-order valence-corrected chi connectivity index (χ4v) is 4.25. The molecular weight excluding hydrogens is 278 g/mol. The standard InChI is InChI=1S/C13H19N3O3S/c1-15-9-11-5-3-7-16(11)20(18,19)12-6-2-4-10(8-12)13(14)17/h2,4,6,8,11,15H,3,5,7,9H2,1H3,(H2,14,17). The summed E-state index contributed by atoms with van der Waals surface area (Å²) in [5, 5.41) is 3.01. The molecule has 6 nitrogen and oxygen atoms in total. The van der Waals surface area contributed by atoms with E-state index >= 15 is 0 Å². The van der Waals surface area contributed by atoms with Crippen LogP contribution in [0.4, 0.5) is 0 Å². The number of sulfonamides is 1. The van der Waals surface area contributed by atoms with Gasteiger partial charge in [0.25, 0.3) is 0 Å². The second-order valence-electron chi connectivity index (χ2n) is 4.86. The molecule has 1 aliphatic heterocycles. The van der Waals surface area contributed by atoms with Gasteiger partial charge in [-0.25, -0.2) is 8.42 Å². The van der Waals surface area contributed by atoms with Crippen LogP contribution in [0.25, 0.3) is 0 Å². The van der Waals surface area contributed by atoms with E-state index in [2.05, 4.69) is 5.32 Å². The summed E-state index contributed by atoms with van der Waals surface area (Å²) in [6.07, 6.45) is 1.69. The van der Waals surface area contributed by atoms with E-state index in [0.29, 0.717) is 13.1 Å². The molecule has 3 N–H and O–H groups in total. The van der Waals surface area contributed by atoms with E-state index in [0.717, 1.165) is 12.8 Å². The highest BCUT2D eigenvalue weighted by Gasteiger charge is 2.34. The largest absolute Gasteiger partial charge is 0.366 e. The number of benzene rings is 1. The average molecular weight is 297 g/mol. The summed E-state index contributed by atoms with van der Waals surface area (Å²) in [4.78, 5) is 11.3. The molecule has 7 heteroatoms. The molecule has 1 amide bonds. The number of likely N-dealkylation sites (N-methyl/N-ethyl adjacent to an activating group) is 1. The first kappa shape index (κ1) is 15.0. The Morgan fingerprint density at radius 3 is 2.90 bits per heavy atom. The molecule has 0 bridgehead atoms. The molecule has 1 aromatic carbocycles. The Balaban J connectivity index is 2.34. The van der Waals surface area contributed by atoms with Crippen LogP contribution in [0, 0.1) is 0 Å². The predicted octanol–water partition coefficient (Wildman–Crippen LogP) is 0.158. The van der Waals surface area contributed by atoms with Crippen LogP contribution in [-0.2, 0) is 10.0 Å². The van der Waals surface area contributed by atoms with Crippen molar-refractivity contribution in [3.05, 3.63) is 29.8 Å². The maximum Gasteiger partial charge on any atom is 0.248 e. The summed E-state index contributed by atoms with van der Waals surface area (Å²) in [5.41, 5.74) is 5.40. The fourth-order valence-electron chi connectivity index (χ4n) is 2.51. The first-order chi connectivity index (χ1) is 9.46. The summed E-state index contributed by atoms with van der Waals surface area (Å²) < 4.78 is 26.8. The van der Waals surface area contributed by atoms with E-state index in [-0.39, 0.29) is 16.5 Å². The van der Waals surface area contributed by atoms with Gasteiger partial charge in [0.05, 0.1) is 4.90 Å². The average Bonchev–Trinajstić information content (AvgIpc) is 2.88. The van der Waals surface area contributed by atoms with E-state index in [4.69, 9.17) is 5.73 Å². The van der Waals surface area contributed by atoms with E-state index in [1.54, 1.807) is 7.05 Å². The molecule has 1 aromatic rings. The fraction of sp³-hybridized carbons (Fsp3) is 0.462. The lowest BCUT2D eigenvalue weighted by atomic mass is 10.2. The Labute approximate surface area is 119 Å². The van der Waals surface area contributed by atoms with Crippen LogP contribution in [0.3, 0.4) is 0 Å². The molecule has 0 aliphatic carbocycles. The maximum atomic E-state index is 12.6. The van der Waals surface area contributed by atoms with Crippen molar-refractivity contribution in [2.45, 2.75) is 23.8 Å². The van der Waals surface area contributed by atoms with Crippen LogP contribution < -0.4 is 11.1 Å². The summed E-state index contributed by atoms with van der Waals surface area (Å²) in [6, 6.07) is 5.84. The lowest BCUT2D eigenvalue weighted by molar-refractivity contribution is 0.1000. The van der Waals surface area contributed by atoms with Gasteiger partial charge in [0.2, 0.25) is 15.9 Å². The highest BCUT2D eigenvalue weighted by atomic mass is 32.2. The minimum atomic E-state index is -3.58. The van der Waals surface area contributed by atoms with Gasteiger partial charge in [-0.3, -0.25) is 4.79 Å². The number of carbonyl (C=O) groups is 1. The molecule has 1 atom stereocenters. The molecule has 0 aromatic heterocycles. The molecule has 0 spiro atoms. The molecule has 1 unspecified atom stereocenters. The first-order valence-electron chi connectivity index (χ1n) is 6.53. The van der Waals surface area contributed by atoms with Gasteiger partial charge in [-0.1, -0.05) is 6.07 Å². The number of carbonyl (C=O) groups excluding carboxylic acids is 1. The van der Waals surface area contributed by atoms with Gasteiger partial charge < -0.3 is 11.1 Å². The van der Waals surface area contributed by atoms with Gasteiger partial charge >= 0.3 is 0 Å². The summed E-state index contributed by atoms with van der Waals surface area (Å²) in [7, 11) is -1.78. The number of nitrogens with one attached hydrogen (secondary N) is 1. The molecule has 2 rings (SSSR count). The van der Waals surface area contributed by atoms with Crippen molar-refractivity contribution in [3.63, 3.8) is 0 Å². The predicted molar refractivity (Wildman–Crippen MR) is 75.8 cm³/mol. The number of primary amides is 1. The second kappa shape index (κ2) is 5.90. The van der Waals surface area contributed by atoms with Crippen LogP contribution in [0.5, 0.6) is 0 Å². The van der Waals surface area contributed by atoms with Crippen LogP contribution in [-0.4, -0.2) is 44.8 Å². The normalized spacial score (nSPS) is 20.1. The minimum absolute atomic E-state index is 0.0396. The van der Waals surface area contributed by atoms with Gasteiger partial charge in [-0.05, 0) is 38.1 Å². The van der Waals surface area contributed by atoms with Crippen LogP contribution >= 0.6 is 0 Å². The van der Waals surface area contributed by atoms with Crippen LogP contribution in [0.2, 0.25) is 0 Å². The SMILES string of the molecule is CNCC1CCCN1S(=O)(=O)c1cccc(C(N)=O)c1. The number of hydrogen-bond acceptors (Lipinski definition) is 4. The van der Waals surface area contributed by atoms with Crippen molar-refractivity contribution in [2.75, 3.05) is 20.1 Å². The Morgan fingerprint density at radius 2 is 2.25 bits per heavy atom. The summed E-state index contributed by atoms with van der Waals surface area (Å²) >= 11 is 0. The van der Waals surface area contributed by atoms with Crippen molar-refractivity contribution in [1.29, 1.82) is 0 Å². The molecule has 1 heterocycles. The molecule has 0 saturated carbocycles. The van der Waals surface area contributed by atoms with Crippen molar-refractivity contribution >= 4 is 15.9 Å². The van der Waals surface area contributed by atoms with Crippen LogP contribution in [0.1, 0.15) is 23.2 Å². The third kappa shape index (κ3) is 2.84. The zero-order chi connectivity index (χ0) is 14.8. The number of nitrogens with two attached hydrogens (primary N) is 1. The van der Waals surface area contributed by atoms with Crippen LogP contribution in [0.15, 0.2) is 29.2 Å². The molecule has 20 heavy (non-hydrogen) atoms. The number of amides is 1. The third-order valence-electron chi connectivity index (χ3n) is 3.49. The minimum Gasteiger partial charge on any atom is -0.366 e. The number of nitrogens with zero attached hydrogens (tertiary/aromatic N) is 1. The number of rotatable bonds is 5. The lowest BCUT2D eigenvalue weighted by Crippen LogP contribution is -2.40. The van der Waals surface area contributed by atoms with E-state index < -0.39 is 15.9 Å². The summed E-state index contributed by atoms with van der Waals surface area (Å²) in [5.74, 6) is -0.629. The highest BCUT2D eigenvalue weighted by Crippen LogP contribution is 2.26. The van der Waals surface area contributed by atoms with Gasteiger partial charge in [-0.2, -0.15) is 4.31 Å². The topological polar surface area (TPSA) is 92.5 Å². The first-order valence-corrected chi connectivity index (χ1v) is 7.97. The molecular formula is C13H19N3O3S. The van der Waals surface area contributed by atoms with Gasteiger partial charge in [-0.15, -0.1) is 0 Å². The van der Waals surface area contributed by atoms with Crippen molar-refractivity contribution < 1.29 is 13.2 Å². The van der Waals surface area contributed by atoms with Gasteiger partial charge in [0.1, 0.15) is 0 Å². The zero-order valence-corrected chi connectivity index (χ0v) is 12.2. The monoisotopic (exact) mass is 297 g/mol. The van der Waals surface area contributed by atoms with Gasteiger partial charge in [0.15, 0.2) is 0 Å². The van der Waals surface area contributed by atoms with E-state index in [9.17, 15) is 13.2 Å². The highest BCUT2D eigenvalue weighted by molar-refractivity contribution is 7.89. The van der Waals surface area contributed by atoms with Gasteiger partial charge in [0, 0.05) is 24.7 Å². The molecule has 1 aliphatic rings. The smallest absolute Gasteiger partial charge is 0.248 e. The Hall–Kier alpha value is -1.44. The second-order valence-corrected chi connectivity index (χ2v) is 6.75. The quantitative estimate of drug-likeness (QED) is 0.809. The van der Waals surface area contributed by atoms with E-state index in [1.807, 2.05) is 0 Å². The zero-order valence-electron chi connectivity index (χ0n) is 11.4. The molecule has 0 radical (unpaired) electrons.